The van der Waals surface area contributed by atoms with Gasteiger partial charge in [-0.1, -0.05) is 41.6 Å². The number of urea groups is 1. The average molecular weight is 309 g/mol. The Morgan fingerprint density at radius 3 is 1.43 bits per heavy atom. The van der Waals surface area contributed by atoms with E-state index in [0.29, 0.717) is 0 Å². The van der Waals surface area contributed by atoms with Crippen LogP contribution in [0.5, 0.6) is 0 Å². The van der Waals surface area contributed by atoms with Gasteiger partial charge in [0.15, 0.2) is 0 Å². The summed E-state index contributed by atoms with van der Waals surface area (Å²) < 4.78 is 0. The van der Waals surface area contributed by atoms with Crippen molar-refractivity contribution in [2.24, 2.45) is 5.16 Å². The lowest BCUT2D eigenvalue weighted by atomic mass is 10.1. The fourth-order valence-electron chi connectivity index (χ4n) is 2.27. The first-order valence-corrected chi connectivity index (χ1v) is 6.70. The Kier molecular flexibility index (Phi) is 3.60. The zero-order valence-corrected chi connectivity index (χ0v) is 11.8. The highest BCUT2D eigenvalue weighted by molar-refractivity contribution is 6.76. The minimum Gasteiger partial charge on any atom is -0.410 e. The summed E-state index contributed by atoms with van der Waals surface area (Å²) in [5.74, 6) is -1.94. The maximum atomic E-state index is 12.7. The number of hydrogen-bond acceptors (Lipinski definition) is 5. The van der Waals surface area contributed by atoms with Crippen LogP contribution in [0.3, 0.4) is 0 Å². The van der Waals surface area contributed by atoms with E-state index in [1.807, 2.05) is 0 Å². The summed E-state index contributed by atoms with van der Waals surface area (Å²) in [7, 11) is 0. The normalized spacial score (nSPS) is 15.1. The summed E-state index contributed by atoms with van der Waals surface area (Å²) >= 11 is 0. The predicted octanol–water partition coefficient (Wildman–Crippen LogP) is 2.02. The van der Waals surface area contributed by atoms with Crippen LogP contribution >= 0.6 is 0 Å². The minimum absolute atomic E-state index is 0.275. The molecule has 2 aromatic rings. The molecule has 7 heteroatoms. The second-order valence-corrected chi connectivity index (χ2v) is 4.68. The van der Waals surface area contributed by atoms with Gasteiger partial charge in [-0.15, -0.1) is 0 Å². The van der Waals surface area contributed by atoms with Crippen LogP contribution in [0.1, 0.15) is 0 Å². The fraction of sp³-hybridized carbons (Fsp3) is 0. The molecule has 4 amide bonds. The van der Waals surface area contributed by atoms with Crippen molar-refractivity contribution in [2.45, 2.75) is 0 Å². The van der Waals surface area contributed by atoms with E-state index in [0.717, 1.165) is 9.80 Å². The van der Waals surface area contributed by atoms with Crippen LogP contribution in [0, 0.1) is 0 Å². The third-order valence-electron chi connectivity index (χ3n) is 3.32. The molecule has 0 bridgehead atoms. The van der Waals surface area contributed by atoms with Gasteiger partial charge in [-0.25, -0.2) is 14.6 Å². The first-order chi connectivity index (χ1) is 11.1. The quantitative estimate of drug-likeness (QED) is 0.678. The summed E-state index contributed by atoms with van der Waals surface area (Å²) in [6, 6.07) is 15.4. The van der Waals surface area contributed by atoms with Crippen molar-refractivity contribution in [3.8, 4) is 0 Å². The molecule has 1 heterocycles. The van der Waals surface area contributed by atoms with Crippen molar-refractivity contribution in [3.63, 3.8) is 0 Å². The Balaban J connectivity index is 2.13. The first kappa shape index (κ1) is 14.5. The zero-order valence-electron chi connectivity index (χ0n) is 11.8. The van der Waals surface area contributed by atoms with E-state index in [1.54, 1.807) is 60.7 Å². The number of anilines is 2. The smallest absolute Gasteiger partial charge is 0.343 e. The molecular formula is C16H11N3O4. The average Bonchev–Trinajstić information content (AvgIpc) is 2.57. The Morgan fingerprint density at radius 2 is 1.09 bits per heavy atom. The molecular weight excluding hydrogens is 298 g/mol. The fourth-order valence-corrected chi connectivity index (χ4v) is 2.27. The number of hydrogen-bond donors (Lipinski definition) is 1. The molecule has 1 aliphatic heterocycles. The standard InChI is InChI=1S/C16H11N3O4/c20-14-13(17-23)15(21)19(12-9-5-2-6-10-12)16(22)18(14)11-7-3-1-4-8-11/h1-10,23H. The molecule has 1 fully saturated rings. The Morgan fingerprint density at radius 1 is 0.696 bits per heavy atom. The number of barbiturate groups is 1. The topological polar surface area (TPSA) is 90.3 Å². The van der Waals surface area contributed by atoms with E-state index in [1.165, 1.54) is 0 Å². The molecule has 3 rings (SSSR count). The van der Waals surface area contributed by atoms with Crippen molar-refractivity contribution in [3.05, 3.63) is 60.7 Å². The first-order valence-electron chi connectivity index (χ1n) is 6.70. The number of benzene rings is 2. The Labute approximate surface area is 131 Å². The van der Waals surface area contributed by atoms with Crippen molar-refractivity contribution in [2.75, 3.05) is 9.80 Å². The molecule has 0 aromatic heterocycles. The lowest BCUT2D eigenvalue weighted by Gasteiger charge is -2.32. The van der Waals surface area contributed by atoms with E-state index in [9.17, 15) is 14.4 Å². The third kappa shape index (κ3) is 2.34. The van der Waals surface area contributed by atoms with Crippen LogP contribution in [0.15, 0.2) is 65.8 Å². The number of carbonyl (C=O) groups excluding carboxylic acids is 3. The van der Waals surface area contributed by atoms with E-state index in [-0.39, 0.29) is 11.4 Å². The molecule has 0 radical (unpaired) electrons. The Hall–Kier alpha value is -3.48. The van der Waals surface area contributed by atoms with Gasteiger partial charge in [0, 0.05) is 0 Å². The number of rotatable bonds is 2. The highest BCUT2D eigenvalue weighted by Crippen LogP contribution is 2.25. The second-order valence-electron chi connectivity index (χ2n) is 4.68. The van der Waals surface area contributed by atoms with Gasteiger partial charge in [-0.3, -0.25) is 9.59 Å². The number of imide groups is 2. The molecule has 0 atom stereocenters. The molecule has 1 saturated heterocycles. The largest absolute Gasteiger partial charge is 0.410 e. The van der Waals surface area contributed by atoms with Crippen molar-refractivity contribution in [1.29, 1.82) is 0 Å². The van der Waals surface area contributed by atoms with Crippen molar-refractivity contribution >= 4 is 34.9 Å². The molecule has 7 nitrogen and oxygen atoms in total. The van der Waals surface area contributed by atoms with Crippen LogP contribution in [0.4, 0.5) is 16.2 Å². The number of nitrogens with zero attached hydrogens (tertiary/aromatic N) is 3. The molecule has 1 aliphatic rings. The van der Waals surface area contributed by atoms with E-state index in [2.05, 4.69) is 5.16 Å². The van der Waals surface area contributed by atoms with Gasteiger partial charge in [0.2, 0.25) is 5.71 Å². The summed E-state index contributed by atoms with van der Waals surface area (Å²) in [5, 5.41) is 11.8. The van der Waals surface area contributed by atoms with E-state index in [4.69, 9.17) is 5.21 Å². The van der Waals surface area contributed by atoms with Crippen molar-refractivity contribution < 1.29 is 19.6 Å². The van der Waals surface area contributed by atoms with Crippen molar-refractivity contribution in [1.82, 2.24) is 0 Å². The third-order valence-corrected chi connectivity index (χ3v) is 3.32. The molecule has 2 aromatic carbocycles. The Bertz CT molecular complexity index is 739. The molecule has 0 aliphatic carbocycles. The zero-order chi connectivity index (χ0) is 16.4. The number of para-hydroxylation sites is 2. The molecule has 0 saturated carbocycles. The van der Waals surface area contributed by atoms with Crippen LogP contribution in [0.2, 0.25) is 0 Å². The number of carbonyl (C=O) groups is 3. The molecule has 114 valence electrons. The van der Waals surface area contributed by atoms with Crippen LogP contribution in [-0.2, 0) is 9.59 Å². The predicted molar refractivity (Wildman–Crippen MR) is 82.5 cm³/mol. The summed E-state index contributed by atoms with van der Waals surface area (Å²) in [4.78, 5) is 38.9. The van der Waals surface area contributed by atoms with Gasteiger partial charge in [-0.2, -0.15) is 0 Å². The second kappa shape index (κ2) is 5.72. The van der Waals surface area contributed by atoms with Gasteiger partial charge in [0.1, 0.15) is 0 Å². The molecule has 1 N–H and O–H groups in total. The van der Waals surface area contributed by atoms with Gasteiger partial charge >= 0.3 is 6.03 Å². The van der Waals surface area contributed by atoms with Crippen LogP contribution < -0.4 is 9.80 Å². The summed E-state index contributed by atoms with van der Waals surface area (Å²) in [6.07, 6.45) is 0. The molecule has 0 spiro atoms. The lowest BCUT2D eigenvalue weighted by Crippen LogP contribution is -2.61. The minimum atomic E-state index is -0.971. The molecule has 0 unspecified atom stereocenters. The SMILES string of the molecule is O=C1C(=NO)C(=O)N(c2ccccc2)C(=O)N1c1ccccc1. The number of amides is 4. The maximum Gasteiger partial charge on any atom is 0.343 e. The van der Waals surface area contributed by atoms with Gasteiger partial charge in [-0.05, 0) is 24.3 Å². The monoisotopic (exact) mass is 309 g/mol. The lowest BCUT2D eigenvalue weighted by molar-refractivity contribution is -0.117. The molecule has 23 heavy (non-hydrogen) atoms. The van der Waals surface area contributed by atoms with Gasteiger partial charge in [0.25, 0.3) is 11.8 Å². The highest BCUT2D eigenvalue weighted by Gasteiger charge is 2.45. The van der Waals surface area contributed by atoms with Gasteiger partial charge < -0.3 is 5.21 Å². The highest BCUT2D eigenvalue weighted by atomic mass is 16.4. The maximum absolute atomic E-state index is 12.7. The summed E-state index contributed by atoms with van der Waals surface area (Å²) in [5.41, 5.74) is -0.175. The van der Waals surface area contributed by atoms with Crippen LogP contribution in [0.25, 0.3) is 0 Å². The van der Waals surface area contributed by atoms with E-state index >= 15 is 0 Å². The summed E-state index contributed by atoms with van der Waals surface area (Å²) in [6.45, 7) is 0. The van der Waals surface area contributed by atoms with Crippen LogP contribution in [-0.4, -0.2) is 28.8 Å². The number of oxime groups is 1. The van der Waals surface area contributed by atoms with Gasteiger partial charge in [0.05, 0.1) is 11.4 Å². The van der Waals surface area contributed by atoms with E-state index < -0.39 is 23.6 Å².